The van der Waals surface area contributed by atoms with Gasteiger partial charge >= 0.3 is 0 Å². The van der Waals surface area contributed by atoms with E-state index in [9.17, 15) is 4.79 Å². The highest BCUT2D eigenvalue weighted by atomic mass is 35.5. The number of hydrogen-bond donors (Lipinski definition) is 2. The standard InChI is InChI=1S/C18H13ClN4OS/c19-13-3-1-11(2-4-13)9-14-17(15-10-16(24)23-22-15)25-18(21-14)12-5-7-20-8-6-12/h1-8,10H,9H2,(H2,22,23,24). The van der Waals surface area contributed by atoms with E-state index in [1.165, 1.54) is 0 Å². The van der Waals surface area contributed by atoms with Crippen LogP contribution >= 0.6 is 22.9 Å². The van der Waals surface area contributed by atoms with Crippen LogP contribution in [-0.2, 0) is 6.42 Å². The zero-order chi connectivity index (χ0) is 17.2. The van der Waals surface area contributed by atoms with Gasteiger partial charge in [0.2, 0.25) is 0 Å². The molecule has 0 saturated carbocycles. The third-order valence-corrected chi connectivity index (χ3v) is 5.18. The Balaban J connectivity index is 1.79. The van der Waals surface area contributed by atoms with Crippen molar-refractivity contribution in [3.8, 4) is 21.1 Å². The number of thiazole rings is 1. The summed E-state index contributed by atoms with van der Waals surface area (Å²) in [4.78, 5) is 21.3. The minimum Gasteiger partial charge on any atom is -0.297 e. The summed E-state index contributed by atoms with van der Waals surface area (Å²) in [5.41, 5.74) is 3.60. The molecular formula is C18H13ClN4OS. The maximum Gasteiger partial charge on any atom is 0.264 e. The predicted octanol–water partition coefficient (Wildman–Crippen LogP) is 4.13. The monoisotopic (exact) mass is 368 g/mol. The molecule has 124 valence electrons. The lowest BCUT2D eigenvalue weighted by Gasteiger charge is -2.01. The van der Waals surface area contributed by atoms with Crippen molar-refractivity contribution in [2.45, 2.75) is 6.42 Å². The van der Waals surface area contributed by atoms with Crippen molar-refractivity contribution >= 4 is 22.9 Å². The van der Waals surface area contributed by atoms with E-state index in [1.807, 2.05) is 36.4 Å². The van der Waals surface area contributed by atoms with Crippen molar-refractivity contribution in [3.63, 3.8) is 0 Å². The predicted molar refractivity (Wildman–Crippen MR) is 100 cm³/mol. The molecule has 0 aliphatic heterocycles. The van der Waals surface area contributed by atoms with Crippen molar-refractivity contribution in [1.29, 1.82) is 0 Å². The normalized spacial score (nSPS) is 10.9. The summed E-state index contributed by atoms with van der Waals surface area (Å²) in [6.45, 7) is 0. The number of nitrogens with one attached hydrogen (secondary N) is 2. The number of rotatable bonds is 4. The molecule has 0 radical (unpaired) electrons. The molecule has 3 aromatic heterocycles. The molecule has 25 heavy (non-hydrogen) atoms. The molecule has 4 rings (SSSR count). The van der Waals surface area contributed by atoms with Crippen molar-refractivity contribution in [2.75, 3.05) is 0 Å². The molecule has 3 heterocycles. The Kier molecular flexibility index (Phi) is 4.21. The number of hydrogen-bond acceptors (Lipinski definition) is 4. The van der Waals surface area contributed by atoms with Gasteiger partial charge in [0.05, 0.1) is 16.3 Å². The van der Waals surface area contributed by atoms with Crippen molar-refractivity contribution in [1.82, 2.24) is 20.2 Å². The van der Waals surface area contributed by atoms with E-state index in [4.69, 9.17) is 16.6 Å². The van der Waals surface area contributed by atoms with Crippen LogP contribution in [0.3, 0.4) is 0 Å². The summed E-state index contributed by atoms with van der Waals surface area (Å²) in [5, 5.41) is 7.10. The van der Waals surface area contributed by atoms with Crippen LogP contribution in [0.2, 0.25) is 5.02 Å². The van der Waals surface area contributed by atoms with Crippen LogP contribution in [0, 0.1) is 0 Å². The minimum absolute atomic E-state index is 0.161. The maximum atomic E-state index is 11.5. The summed E-state index contributed by atoms with van der Waals surface area (Å²) in [6, 6.07) is 13.1. The fraction of sp³-hybridized carbons (Fsp3) is 0.0556. The van der Waals surface area contributed by atoms with E-state index in [1.54, 1.807) is 29.8 Å². The number of aromatic nitrogens is 4. The average Bonchev–Trinajstić information content (AvgIpc) is 3.24. The first-order chi connectivity index (χ1) is 12.2. The summed E-state index contributed by atoms with van der Waals surface area (Å²) < 4.78 is 0. The molecule has 7 heteroatoms. The molecule has 0 fully saturated rings. The molecule has 4 aromatic rings. The third kappa shape index (κ3) is 3.40. The number of aromatic amines is 2. The lowest BCUT2D eigenvalue weighted by atomic mass is 10.1. The summed E-state index contributed by atoms with van der Waals surface area (Å²) in [6.07, 6.45) is 4.14. The Labute approximate surface area is 152 Å². The Morgan fingerprint density at radius 3 is 2.48 bits per heavy atom. The lowest BCUT2D eigenvalue weighted by molar-refractivity contribution is 1.05. The van der Waals surface area contributed by atoms with Crippen LogP contribution in [-0.4, -0.2) is 20.2 Å². The fourth-order valence-electron chi connectivity index (χ4n) is 2.55. The molecule has 1 aromatic carbocycles. The maximum absolute atomic E-state index is 11.5. The van der Waals surface area contributed by atoms with Crippen LogP contribution in [0.4, 0.5) is 0 Å². The van der Waals surface area contributed by atoms with Gasteiger partial charge in [0.1, 0.15) is 5.01 Å². The van der Waals surface area contributed by atoms with Gasteiger partial charge in [-0.25, -0.2) is 4.98 Å². The van der Waals surface area contributed by atoms with Gasteiger partial charge in [-0.1, -0.05) is 23.7 Å². The van der Waals surface area contributed by atoms with Crippen molar-refractivity contribution < 1.29 is 0 Å². The molecule has 0 bridgehead atoms. The van der Waals surface area contributed by atoms with E-state index in [0.717, 1.165) is 32.4 Å². The van der Waals surface area contributed by atoms with Crippen molar-refractivity contribution in [2.24, 2.45) is 0 Å². The highest BCUT2D eigenvalue weighted by Crippen LogP contribution is 2.35. The van der Waals surface area contributed by atoms with E-state index in [0.29, 0.717) is 11.4 Å². The molecule has 0 saturated heterocycles. The fourth-order valence-corrected chi connectivity index (χ4v) is 3.73. The number of nitrogens with zero attached hydrogens (tertiary/aromatic N) is 2. The Hall–Kier alpha value is -2.70. The molecule has 0 atom stereocenters. The molecule has 0 amide bonds. The summed E-state index contributed by atoms with van der Waals surface area (Å²) in [5.74, 6) is 0. The average molecular weight is 369 g/mol. The van der Waals surface area contributed by atoms with Gasteiger partial charge in [0.25, 0.3) is 5.56 Å². The smallest absolute Gasteiger partial charge is 0.264 e. The largest absolute Gasteiger partial charge is 0.297 e. The van der Waals surface area contributed by atoms with E-state index in [2.05, 4.69) is 15.2 Å². The Morgan fingerprint density at radius 1 is 1.04 bits per heavy atom. The summed E-state index contributed by atoms with van der Waals surface area (Å²) in [7, 11) is 0. The van der Waals surface area contributed by atoms with Gasteiger partial charge < -0.3 is 0 Å². The first-order valence-electron chi connectivity index (χ1n) is 7.61. The second kappa shape index (κ2) is 6.66. The quantitative estimate of drug-likeness (QED) is 0.568. The highest BCUT2D eigenvalue weighted by molar-refractivity contribution is 7.18. The molecule has 0 aliphatic carbocycles. The number of halogens is 1. The lowest BCUT2D eigenvalue weighted by Crippen LogP contribution is -1.93. The van der Waals surface area contributed by atoms with Crippen molar-refractivity contribution in [3.05, 3.63) is 81.5 Å². The number of pyridine rings is 1. The van der Waals surface area contributed by atoms with Crippen LogP contribution in [0.25, 0.3) is 21.1 Å². The zero-order valence-corrected chi connectivity index (χ0v) is 14.6. The van der Waals surface area contributed by atoms with Gasteiger partial charge in [-0.3, -0.25) is 20.0 Å². The molecule has 5 nitrogen and oxygen atoms in total. The molecule has 0 aliphatic rings. The first kappa shape index (κ1) is 15.8. The van der Waals surface area contributed by atoms with E-state index >= 15 is 0 Å². The SMILES string of the molecule is O=c1cc(-c2sc(-c3ccncc3)nc2Cc2ccc(Cl)cc2)[nH][nH]1. The van der Waals surface area contributed by atoms with Gasteiger partial charge in [-0.2, -0.15) is 0 Å². The highest BCUT2D eigenvalue weighted by Gasteiger charge is 2.16. The van der Waals surface area contributed by atoms with Crippen LogP contribution in [0.1, 0.15) is 11.3 Å². The van der Waals surface area contributed by atoms with Crippen LogP contribution in [0.15, 0.2) is 59.7 Å². The zero-order valence-electron chi connectivity index (χ0n) is 13.0. The molecular weight excluding hydrogens is 356 g/mol. The van der Waals surface area contributed by atoms with Gasteiger partial charge in [-0.15, -0.1) is 11.3 Å². The van der Waals surface area contributed by atoms with Crippen LogP contribution in [0.5, 0.6) is 0 Å². The molecule has 0 spiro atoms. The summed E-state index contributed by atoms with van der Waals surface area (Å²) >= 11 is 7.51. The minimum atomic E-state index is -0.161. The van der Waals surface area contributed by atoms with E-state index < -0.39 is 0 Å². The first-order valence-corrected chi connectivity index (χ1v) is 8.81. The Bertz CT molecular complexity index is 1050. The van der Waals surface area contributed by atoms with E-state index in [-0.39, 0.29) is 5.56 Å². The molecule has 2 N–H and O–H groups in total. The third-order valence-electron chi connectivity index (χ3n) is 3.75. The Morgan fingerprint density at radius 2 is 1.80 bits per heavy atom. The van der Waals surface area contributed by atoms with Gasteiger partial charge in [0.15, 0.2) is 0 Å². The number of H-pyrrole nitrogens is 2. The number of benzene rings is 1. The topological polar surface area (TPSA) is 74.4 Å². The second-order valence-corrected chi connectivity index (χ2v) is 6.94. The molecule has 0 unspecified atom stereocenters. The second-order valence-electron chi connectivity index (χ2n) is 5.51. The van der Waals surface area contributed by atoms with Gasteiger partial charge in [0, 0.05) is 35.5 Å². The van der Waals surface area contributed by atoms with Crippen LogP contribution < -0.4 is 5.56 Å². The van der Waals surface area contributed by atoms with Gasteiger partial charge in [-0.05, 0) is 29.8 Å².